The number of hydrogen-bond donors (Lipinski definition) is 3. The Morgan fingerprint density at radius 3 is 2.40 bits per heavy atom. The number of benzene rings is 2. The number of rotatable bonds is 9. The van der Waals surface area contributed by atoms with Crippen molar-refractivity contribution < 1.29 is 42.1 Å². The first kappa shape index (κ1) is 33.8. The smallest absolute Gasteiger partial charge is 0.478 e. The second-order valence-corrected chi connectivity index (χ2v) is 12.2. The fraction of sp³-hybridized carbons (Fsp3) is 0.406. The van der Waals surface area contributed by atoms with Crippen molar-refractivity contribution in [1.29, 1.82) is 0 Å². The first-order valence-corrected chi connectivity index (χ1v) is 15.7. The van der Waals surface area contributed by atoms with E-state index >= 15 is 0 Å². The van der Waals surface area contributed by atoms with Gasteiger partial charge in [-0.2, -0.15) is 11.8 Å². The van der Waals surface area contributed by atoms with E-state index in [-0.39, 0.29) is 34.2 Å². The van der Waals surface area contributed by atoms with Gasteiger partial charge in [0.05, 0.1) is 18.7 Å². The fourth-order valence-electron chi connectivity index (χ4n) is 5.50. The van der Waals surface area contributed by atoms with Crippen LogP contribution in [0.5, 0.6) is 5.75 Å². The van der Waals surface area contributed by atoms with E-state index in [1.54, 1.807) is 36.0 Å². The van der Waals surface area contributed by atoms with E-state index in [1.165, 1.54) is 19.2 Å². The van der Waals surface area contributed by atoms with Gasteiger partial charge in [-0.1, -0.05) is 44.2 Å². The van der Waals surface area contributed by atoms with E-state index in [1.807, 2.05) is 31.2 Å². The number of likely N-dealkylation sites (tertiary alicyclic amines) is 1. The second-order valence-electron chi connectivity index (χ2n) is 11.1. The molecule has 0 unspecified atom stereocenters. The number of hydrogen-bond acceptors (Lipinski definition) is 7. The molecule has 0 aromatic heterocycles. The van der Waals surface area contributed by atoms with Gasteiger partial charge in [-0.25, -0.2) is 9.59 Å². The molecule has 1 fully saturated rings. The van der Waals surface area contributed by atoms with Crippen LogP contribution in [0, 0.1) is 5.92 Å². The third-order valence-electron chi connectivity index (χ3n) is 7.84. The normalized spacial score (nSPS) is 19.2. The van der Waals surface area contributed by atoms with Gasteiger partial charge in [0.25, 0.3) is 0 Å². The zero-order valence-electron chi connectivity index (χ0n) is 25.3. The van der Waals surface area contributed by atoms with Crippen molar-refractivity contribution in [3.05, 3.63) is 71.6 Å². The molecule has 4 rings (SSSR count). The molecule has 3 N–H and O–H groups in total. The molecule has 0 aliphatic carbocycles. The van der Waals surface area contributed by atoms with Crippen molar-refractivity contribution >= 4 is 35.3 Å². The summed E-state index contributed by atoms with van der Waals surface area (Å²) in [5, 5.41) is 15.5. The molecule has 2 aliphatic heterocycles. The lowest BCUT2D eigenvalue weighted by atomic mass is 9.97. The SMILES string of the molecule is COC(=O)N[C@H](C(=O)N1C[C@@H](SC)C[C@H]1C1=CCCC(c2ccc(-c3ccc(C(=O)O)cc3OC(F)(F)F)cc2)=CN1)C(C)C. The van der Waals surface area contributed by atoms with Crippen LogP contribution in [0.4, 0.5) is 18.0 Å². The molecule has 3 atom stereocenters. The zero-order chi connectivity index (χ0) is 32.9. The number of thioether (sulfide) groups is 1. The van der Waals surface area contributed by atoms with Gasteiger partial charge in [0.1, 0.15) is 11.8 Å². The topological polar surface area (TPSA) is 117 Å². The van der Waals surface area contributed by atoms with Crippen LogP contribution in [0.1, 0.15) is 49.0 Å². The minimum absolute atomic E-state index is 0.108. The van der Waals surface area contributed by atoms with Crippen LogP contribution in [0.3, 0.4) is 0 Å². The minimum Gasteiger partial charge on any atom is -0.478 e. The summed E-state index contributed by atoms with van der Waals surface area (Å²) in [7, 11) is 1.26. The molecule has 2 heterocycles. The van der Waals surface area contributed by atoms with E-state index in [2.05, 4.69) is 21.4 Å². The molecule has 0 spiro atoms. The zero-order valence-corrected chi connectivity index (χ0v) is 26.1. The van der Waals surface area contributed by atoms with Crippen LogP contribution >= 0.6 is 11.8 Å². The van der Waals surface area contributed by atoms with Gasteiger partial charge in [-0.15, -0.1) is 13.2 Å². The first-order chi connectivity index (χ1) is 21.3. The molecular weight excluding hydrogens is 611 g/mol. The number of halogens is 3. The largest absolute Gasteiger partial charge is 0.573 e. The standard InChI is InChI=1S/C32H36F3N3O6S/c1-18(2)28(37-31(42)43-3)29(39)38-17-23(45-4)15-26(38)25-7-5-6-22(16-36-25)19-8-10-20(11-9-19)24-13-12-21(30(40)41)14-27(24)44-32(33,34)35/h7-14,16,18,23,26,28,36H,5-6,15,17H2,1-4H3,(H,37,42)(H,40,41)/t23-,26-,28-/m0/s1. The summed E-state index contributed by atoms with van der Waals surface area (Å²) < 4.78 is 48.1. The van der Waals surface area contributed by atoms with Gasteiger partial charge in [0, 0.05) is 29.3 Å². The highest BCUT2D eigenvalue weighted by molar-refractivity contribution is 7.99. The van der Waals surface area contributed by atoms with Gasteiger partial charge >= 0.3 is 18.4 Å². The van der Waals surface area contributed by atoms with E-state index in [0.717, 1.165) is 29.3 Å². The van der Waals surface area contributed by atoms with Crippen molar-refractivity contribution in [3.8, 4) is 16.9 Å². The van der Waals surface area contributed by atoms with Crippen molar-refractivity contribution in [2.24, 2.45) is 5.92 Å². The van der Waals surface area contributed by atoms with Gasteiger partial charge in [0.2, 0.25) is 5.91 Å². The Morgan fingerprint density at radius 2 is 1.80 bits per heavy atom. The Hall–Kier alpha value is -4.13. The summed E-state index contributed by atoms with van der Waals surface area (Å²) in [6.45, 7) is 4.28. The third kappa shape index (κ3) is 8.33. The molecule has 242 valence electrons. The quantitative estimate of drug-likeness (QED) is 0.292. The number of methoxy groups -OCH3 is 1. The number of nitrogens with one attached hydrogen (secondary N) is 2. The summed E-state index contributed by atoms with van der Waals surface area (Å²) in [6.07, 6.45) is 2.43. The number of ether oxygens (including phenoxy) is 2. The van der Waals surface area contributed by atoms with Crippen molar-refractivity contribution in [2.45, 2.75) is 56.8 Å². The monoisotopic (exact) mass is 647 g/mol. The maximum absolute atomic E-state index is 13.7. The minimum atomic E-state index is -4.99. The number of alkyl halides is 3. The summed E-state index contributed by atoms with van der Waals surface area (Å²) in [5.41, 5.74) is 2.92. The number of carboxylic acids is 1. The van der Waals surface area contributed by atoms with Crippen LogP contribution in [-0.4, -0.2) is 71.6 Å². The van der Waals surface area contributed by atoms with Crippen LogP contribution in [-0.2, 0) is 9.53 Å². The van der Waals surface area contributed by atoms with E-state index < -0.39 is 30.2 Å². The number of carbonyl (C=O) groups is 3. The molecule has 2 amide bonds. The predicted octanol–water partition coefficient (Wildman–Crippen LogP) is 6.27. The van der Waals surface area contributed by atoms with Gasteiger partial charge in [-0.3, -0.25) is 4.79 Å². The maximum atomic E-state index is 13.7. The van der Waals surface area contributed by atoms with E-state index in [9.17, 15) is 32.7 Å². The molecule has 1 saturated heterocycles. The van der Waals surface area contributed by atoms with Gasteiger partial charge < -0.3 is 30.1 Å². The first-order valence-electron chi connectivity index (χ1n) is 14.4. The lowest BCUT2D eigenvalue weighted by molar-refractivity contribution is -0.274. The summed E-state index contributed by atoms with van der Waals surface area (Å²) in [6, 6.07) is 9.33. The average molecular weight is 648 g/mol. The molecule has 13 heteroatoms. The lowest BCUT2D eigenvalue weighted by Crippen LogP contribution is -2.53. The van der Waals surface area contributed by atoms with Crippen LogP contribution in [0.2, 0.25) is 0 Å². The van der Waals surface area contributed by atoms with Crippen molar-refractivity contribution in [1.82, 2.24) is 15.5 Å². The number of alkyl carbamates (subject to hydrolysis) is 1. The summed E-state index contributed by atoms with van der Waals surface area (Å²) >= 11 is 1.69. The van der Waals surface area contributed by atoms with E-state index in [4.69, 9.17) is 4.74 Å². The van der Waals surface area contributed by atoms with Crippen LogP contribution in [0.25, 0.3) is 16.7 Å². The van der Waals surface area contributed by atoms with Crippen LogP contribution < -0.4 is 15.4 Å². The summed E-state index contributed by atoms with van der Waals surface area (Å²) in [5.74, 6) is -2.28. The number of aromatic carboxylic acids is 1. The Balaban J connectivity index is 1.54. The number of allylic oxidation sites excluding steroid dienone is 2. The molecule has 45 heavy (non-hydrogen) atoms. The Bertz CT molecular complexity index is 1480. The molecule has 2 aromatic carbocycles. The highest BCUT2D eigenvalue weighted by Crippen LogP contribution is 2.37. The molecule has 0 saturated carbocycles. The second kappa shape index (κ2) is 14.3. The lowest BCUT2D eigenvalue weighted by Gasteiger charge is -2.31. The number of amides is 2. The number of carbonyl (C=O) groups excluding carboxylic acids is 2. The molecule has 9 nitrogen and oxygen atoms in total. The summed E-state index contributed by atoms with van der Waals surface area (Å²) in [4.78, 5) is 38.8. The van der Waals surface area contributed by atoms with Crippen molar-refractivity contribution in [2.75, 3.05) is 19.9 Å². The van der Waals surface area contributed by atoms with Crippen molar-refractivity contribution in [3.63, 3.8) is 0 Å². The fourth-order valence-corrected chi connectivity index (χ4v) is 6.18. The molecule has 2 aromatic rings. The highest BCUT2D eigenvalue weighted by atomic mass is 32.2. The molecular formula is C32H36F3N3O6S. The third-order valence-corrected chi connectivity index (χ3v) is 8.85. The Labute approximate surface area is 263 Å². The number of carboxylic acid groups (broad SMARTS) is 1. The Kier molecular flexibility index (Phi) is 10.7. The predicted molar refractivity (Wildman–Crippen MR) is 166 cm³/mol. The van der Waals surface area contributed by atoms with Gasteiger partial charge in [-0.05, 0) is 66.3 Å². The highest BCUT2D eigenvalue weighted by Gasteiger charge is 2.41. The average Bonchev–Trinajstić information content (AvgIpc) is 3.28. The molecule has 2 aliphatic rings. The molecule has 0 radical (unpaired) electrons. The van der Waals surface area contributed by atoms with E-state index in [0.29, 0.717) is 24.9 Å². The van der Waals surface area contributed by atoms with Crippen LogP contribution in [0.15, 0.2) is 60.4 Å². The van der Waals surface area contributed by atoms with Gasteiger partial charge in [0.15, 0.2) is 0 Å². The molecule has 0 bridgehead atoms. The Morgan fingerprint density at radius 1 is 1.11 bits per heavy atom. The maximum Gasteiger partial charge on any atom is 0.573 e. The number of nitrogens with zero attached hydrogens (tertiary/aromatic N) is 1.